The average Bonchev–Trinajstić information content (AvgIpc) is 3.15. The Morgan fingerprint density at radius 2 is 2.05 bits per heavy atom. The van der Waals surface area contributed by atoms with Gasteiger partial charge in [-0.05, 0) is 31.4 Å². The van der Waals surface area contributed by atoms with E-state index in [0.717, 1.165) is 12.8 Å². The van der Waals surface area contributed by atoms with Crippen molar-refractivity contribution in [3.63, 3.8) is 0 Å². The van der Waals surface area contributed by atoms with Crippen molar-refractivity contribution >= 4 is 11.9 Å². The SMILES string of the molecule is CC(Cc1ccccc1F)(C(=O)O)C(=O)NC1CC1. The van der Waals surface area contributed by atoms with Gasteiger partial charge in [0.1, 0.15) is 11.2 Å². The van der Waals surface area contributed by atoms with Crippen LogP contribution in [0, 0.1) is 11.2 Å². The van der Waals surface area contributed by atoms with Crippen LogP contribution in [-0.4, -0.2) is 23.0 Å². The van der Waals surface area contributed by atoms with Crippen molar-refractivity contribution in [2.75, 3.05) is 0 Å². The Morgan fingerprint density at radius 1 is 1.42 bits per heavy atom. The van der Waals surface area contributed by atoms with Gasteiger partial charge in [0.15, 0.2) is 0 Å². The summed E-state index contributed by atoms with van der Waals surface area (Å²) < 4.78 is 13.6. The summed E-state index contributed by atoms with van der Waals surface area (Å²) in [6.45, 7) is 1.33. The third kappa shape index (κ3) is 2.92. The Balaban J connectivity index is 2.21. The lowest BCUT2D eigenvalue weighted by Crippen LogP contribution is -2.46. The lowest BCUT2D eigenvalue weighted by atomic mass is 9.82. The first-order valence-corrected chi connectivity index (χ1v) is 6.21. The monoisotopic (exact) mass is 265 g/mol. The van der Waals surface area contributed by atoms with Crippen molar-refractivity contribution in [1.29, 1.82) is 0 Å². The molecule has 19 heavy (non-hydrogen) atoms. The molecule has 2 rings (SSSR count). The molecule has 1 aromatic carbocycles. The Kier molecular flexibility index (Phi) is 3.55. The van der Waals surface area contributed by atoms with Crippen LogP contribution in [0.2, 0.25) is 0 Å². The second-order valence-electron chi connectivity index (χ2n) is 5.15. The zero-order valence-corrected chi connectivity index (χ0v) is 10.6. The molecule has 1 aromatic rings. The van der Waals surface area contributed by atoms with Crippen LogP contribution in [-0.2, 0) is 16.0 Å². The van der Waals surface area contributed by atoms with E-state index in [1.54, 1.807) is 6.07 Å². The van der Waals surface area contributed by atoms with E-state index >= 15 is 0 Å². The van der Waals surface area contributed by atoms with Crippen LogP contribution < -0.4 is 5.32 Å². The first-order valence-electron chi connectivity index (χ1n) is 6.21. The van der Waals surface area contributed by atoms with Gasteiger partial charge in [0, 0.05) is 12.5 Å². The second kappa shape index (κ2) is 4.99. The number of aliphatic carboxylic acids is 1. The van der Waals surface area contributed by atoms with Gasteiger partial charge in [-0.1, -0.05) is 18.2 Å². The van der Waals surface area contributed by atoms with Crippen molar-refractivity contribution in [3.8, 4) is 0 Å². The van der Waals surface area contributed by atoms with Crippen molar-refractivity contribution in [3.05, 3.63) is 35.6 Å². The van der Waals surface area contributed by atoms with Crippen molar-refractivity contribution in [2.45, 2.75) is 32.2 Å². The van der Waals surface area contributed by atoms with Gasteiger partial charge < -0.3 is 10.4 Å². The predicted octanol–water partition coefficient (Wildman–Crippen LogP) is 1.74. The fraction of sp³-hybridized carbons (Fsp3) is 0.429. The van der Waals surface area contributed by atoms with E-state index in [-0.39, 0.29) is 18.0 Å². The first-order chi connectivity index (χ1) is 8.93. The van der Waals surface area contributed by atoms with E-state index in [0.29, 0.717) is 0 Å². The number of hydrogen-bond acceptors (Lipinski definition) is 2. The molecule has 0 heterocycles. The molecule has 1 aliphatic carbocycles. The molecule has 2 N–H and O–H groups in total. The summed E-state index contributed by atoms with van der Waals surface area (Å²) in [5.41, 5.74) is -1.41. The quantitative estimate of drug-likeness (QED) is 0.797. The number of carboxylic acid groups (broad SMARTS) is 1. The normalized spacial score (nSPS) is 17.6. The van der Waals surface area contributed by atoms with Crippen molar-refractivity contribution in [2.24, 2.45) is 5.41 Å². The lowest BCUT2D eigenvalue weighted by molar-refractivity contribution is -0.154. The third-order valence-electron chi connectivity index (χ3n) is 3.39. The summed E-state index contributed by atoms with van der Waals surface area (Å²) in [7, 11) is 0. The van der Waals surface area contributed by atoms with Crippen molar-refractivity contribution < 1.29 is 19.1 Å². The zero-order valence-electron chi connectivity index (χ0n) is 10.6. The summed E-state index contributed by atoms with van der Waals surface area (Å²) in [4.78, 5) is 23.5. The van der Waals surface area contributed by atoms with E-state index in [1.807, 2.05) is 0 Å². The maximum atomic E-state index is 13.6. The molecule has 0 spiro atoms. The van der Waals surface area contributed by atoms with Gasteiger partial charge in [-0.25, -0.2) is 4.39 Å². The highest BCUT2D eigenvalue weighted by Gasteiger charge is 2.43. The summed E-state index contributed by atoms with van der Waals surface area (Å²) in [5.74, 6) is -2.28. The highest BCUT2D eigenvalue weighted by molar-refractivity contribution is 6.02. The summed E-state index contributed by atoms with van der Waals surface area (Å²) in [6, 6.07) is 5.99. The van der Waals surface area contributed by atoms with Gasteiger partial charge >= 0.3 is 5.97 Å². The fourth-order valence-electron chi connectivity index (χ4n) is 1.85. The molecule has 102 valence electrons. The zero-order chi connectivity index (χ0) is 14.0. The Morgan fingerprint density at radius 3 is 2.58 bits per heavy atom. The molecule has 1 fully saturated rings. The summed E-state index contributed by atoms with van der Waals surface area (Å²) in [6.07, 6.45) is 1.59. The number of nitrogens with one attached hydrogen (secondary N) is 1. The minimum Gasteiger partial charge on any atom is -0.480 e. The molecule has 1 unspecified atom stereocenters. The van der Waals surface area contributed by atoms with E-state index in [2.05, 4.69) is 5.32 Å². The molecule has 0 bridgehead atoms. The van der Waals surface area contributed by atoms with Crippen LogP contribution in [0.1, 0.15) is 25.3 Å². The number of benzene rings is 1. The van der Waals surface area contributed by atoms with Crippen LogP contribution in [0.15, 0.2) is 24.3 Å². The van der Waals surface area contributed by atoms with Gasteiger partial charge in [-0.2, -0.15) is 0 Å². The maximum absolute atomic E-state index is 13.6. The smallest absolute Gasteiger partial charge is 0.319 e. The largest absolute Gasteiger partial charge is 0.480 e. The Labute approximate surface area is 110 Å². The standard InChI is InChI=1S/C14H16FNO3/c1-14(13(18)19,12(17)16-10-6-7-10)8-9-4-2-3-5-11(9)15/h2-5,10H,6-8H2,1H3,(H,16,17)(H,18,19). The van der Waals surface area contributed by atoms with Crippen LogP contribution >= 0.6 is 0 Å². The van der Waals surface area contributed by atoms with E-state index in [4.69, 9.17) is 0 Å². The highest BCUT2D eigenvalue weighted by atomic mass is 19.1. The number of carboxylic acids is 1. The molecule has 4 nitrogen and oxygen atoms in total. The topological polar surface area (TPSA) is 66.4 Å². The molecule has 0 saturated heterocycles. The predicted molar refractivity (Wildman–Crippen MR) is 67.0 cm³/mol. The van der Waals surface area contributed by atoms with Crippen LogP contribution in [0.5, 0.6) is 0 Å². The number of amides is 1. The number of carbonyl (C=O) groups is 2. The molecule has 0 aromatic heterocycles. The molecule has 1 atom stereocenters. The van der Waals surface area contributed by atoms with Crippen molar-refractivity contribution in [1.82, 2.24) is 5.32 Å². The first kappa shape index (κ1) is 13.5. The molecular formula is C14H16FNO3. The Hall–Kier alpha value is -1.91. The summed E-state index contributed by atoms with van der Waals surface area (Å²) in [5, 5.41) is 12.0. The molecule has 5 heteroatoms. The summed E-state index contributed by atoms with van der Waals surface area (Å²) >= 11 is 0. The van der Waals surface area contributed by atoms with Gasteiger partial charge in [-0.15, -0.1) is 0 Å². The lowest BCUT2D eigenvalue weighted by Gasteiger charge is -2.24. The molecule has 1 saturated carbocycles. The van der Waals surface area contributed by atoms with Gasteiger partial charge in [0.2, 0.25) is 5.91 Å². The van der Waals surface area contributed by atoms with Gasteiger partial charge in [0.25, 0.3) is 0 Å². The minimum absolute atomic E-state index is 0.0757. The minimum atomic E-state index is -1.65. The highest BCUT2D eigenvalue weighted by Crippen LogP contribution is 2.27. The second-order valence-corrected chi connectivity index (χ2v) is 5.15. The van der Waals surface area contributed by atoms with Crippen LogP contribution in [0.4, 0.5) is 4.39 Å². The van der Waals surface area contributed by atoms with Gasteiger partial charge in [0.05, 0.1) is 0 Å². The number of hydrogen-bond donors (Lipinski definition) is 2. The van der Waals surface area contributed by atoms with Gasteiger partial charge in [-0.3, -0.25) is 9.59 Å². The molecule has 1 amide bonds. The average molecular weight is 265 g/mol. The number of rotatable bonds is 5. The van der Waals surface area contributed by atoms with E-state index < -0.39 is 23.1 Å². The van der Waals surface area contributed by atoms with E-state index in [9.17, 15) is 19.1 Å². The molecule has 0 radical (unpaired) electrons. The molecule has 0 aliphatic heterocycles. The molecular weight excluding hydrogens is 249 g/mol. The van der Waals surface area contributed by atoms with Crippen LogP contribution in [0.25, 0.3) is 0 Å². The third-order valence-corrected chi connectivity index (χ3v) is 3.39. The van der Waals surface area contributed by atoms with E-state index in [1.165, 1.54) is 25.1 Å². The van der Waals surface area contributed by atoms with Crippen LogP contribution in [0.3, 0.4) is 0 Å². The fourth-order valence-corrected chi connectivity index (χ4v) is 1.85. The Bertz CT molecular complexity index is 513. The maximum Gasteiger partial charge on any atom is 0.319 e. The molecule has 1 aliphatic rings. The number of carbonyl (C=O) groups excluding carboxylic acids is 1. The number of halogens is 1.